The van der Waals surface area contributed by atoms with Crippen LogP contribution in [-0.4, -0.2) is 74.5 Å². The van der Waals surface area contributed by atoms with Gasteiger partial charge in [-0.15, -0.1) is 0 Å². The minimum atomic E-state index is 0.301. The summed E-state index contributed by atoms with van der Waals surface area (Å²) in [5.74, 6) is 1.98. The van der Waals surface area contributed by atoms with Gasteiger partial charge in [-0.1, -0.05) is 49.6 Å². The van der Waals surface area contributed by atoms with E-state index in [9.17, 15) is 4.79 Å². The first-order valence-corrected chi connectivity index (χ1v) is 11.6. The fourth-order valence-electron chi connectivity index (χ4n) is 4.52. The Morgan fingerprint density at radius 2 is 1.90 bits per heavy atom. The number of hydrogen-bond acceptors (Lipinski definition) is 3. The summed E-state index contributed by atoms with van der Waals surface area (Å²) in [5, 5.41) is 6.88. The smallest absolute Gasteiger partial charge is 0.225 e. The highest BCUT2D eigenvalue weighted by molar-refractivity contribution is 5.80. The molecule has 1 aromatic rings. The van der Waals surface area contributed by atoms with Crippen molar-refractivity contribution in [1.82, 2.24) is 20.4 Å². The van der Waals surface area contributed by atoms with Crippen LogP contribution in [0, 0.1) is 12.8 Å². The van der Waals surface area contributed by atoms with E-state index in [2.05, 4.69) is 63.5 Å². The van der Waals surface area contributed by atoms with Gasteiger partial charge < -0.3 is 15.5 Å². The van der Waals surface area contributed by atoms with E-state index in [0.717, 1.165) is 64.6 Å². The number of aryl methyl sites for hydroxylation is 1. The van der Waals surface area contributed by atoms with Gasteiger partial charge in [-0.3, -0.25) is 14.7 Å². The second-order valence-electron chi connectivity index (χ2n) is 8.84. The molecule has 1 aliphatic carbocycles. The first-order chi connectivity index (χ1) is 14.6. The number of rotatable bonds is 7. The van der Waals surface area contributed by atoms with Crippen molar-refractivity contribution in [2.24, 2.45) is 10.9 Å². The Morgan fingerprint density at radius 1 is 1.17 bits per heavy atom. The van der Waals surface area contributed by atoms with Crippen LogP contribution >= 0.6 is 0 Å². The molecule has 1 aromatic carbocycles. The van der Waals surface area contributed by atoms with Gasteiger partial charge in [-0.25, -0.2) is 0 Å². The number of amides is 1. The highest BCUT2D eigenvalue weighted by Gasteiger charge is 2.29. The number of benzene rings is 1. The molecule has 0 radical (unpaired) electrons. The van der Waals surface area contributed by atoms with Gasteiger partial charge in [-0.05, 0) is 31.2 Å². The predicted molar refractivity (Wildman–Crippen MR) is 124 cm³/mol. The molecule has 30 heavy (non-hydrogen) atoms. The molecule has 1 unspecified atom stereocenters. The average Bonchev–Trinajstić information content (AvgIpc) is 3.31. The normalized spacial score (nSPS) is 19.7. The van der Waals surface area contributed by atoms with Crippen LogP contribution in [0.3, 0.4) is 0 Å². The summed E-state index contributed by atoms with van der Waals surface area (Å²) >= 11 is 0. The Morgan fingerprint density at radius 3 is 2.57 bits per heavy atom. The number of nitrogens with zero attached hydrogens (tertiary/aromatic N) is 3. The number of nitrogens with one attached hydrogen (secondary N) is 2. The zero-order valence-electron chi connectivity index (χ0n) is 19.0. The van der Waals surface area contributed by atoms with Crippen LogP contribution in [0.15, 0.2) is 29.3 Å². The van der Waals surface area contributed by atoms with Crippen molar-refractivity contribution in [2.75, 3.05) is 52.9 Å². The highest BCUT2D eigenvalue weighted by Crippen LogP contribution is 2.26. The van der Waals surface area contributed by atoms with E-state index >= 15 is 0 Å². The van der Waals surface area contributed by atoms with Gasteiger partial charge in [0.15, 0.2) is 5.96 Å². The molecule has 0 aromatic heterocycles. The molecule has 6 heteroatoms. The Balaban J connectivity index is 1.32. The first kappa shape index (κ1) is 22.6. The number of piperazine rings is 1. The summed E-state index contributed by atoms with van der Waals surface area (Å²) in [5.41, 5.74) is 2.65. The molecule has 6 nitrogen and oxygen atoms in total. The predicted octanol–water partition coefficient (Wildman–Crippen LogP) is 2.60. The van der Waals surface area contributed by atoms with Crippen molar-refractivity contribution in [3.63, 3.8) is 0 Å². The third kappa shape index (κ3) is 6.46. The van der Waals surface area contributed by atoms with Gasteiger partial charge in [0.1, 0.15) is 0 Å². The third-order valence-corrected chi connectivity index (χ3v) is 6.52. The fraction of sp³-hybridized carbons (Fsp3) is 0.667. The molecule has 2 aliphatic rings. The van der Waals surface area contributed by atoms with E-state index in [1.54, 1.807) is 0 Å². The van der Waals surface area contributed by atoms with E-state index in [1.165, 1.54) is 24.0 Å². The lowest BCUT2D eigenvalue weighted by Gasteiger charge is -2.36. The molecule has 1 atom stereocenters. The fourth-order valence-corrected chi connectivity index (χ4v) is 4.52. The van der Waals surface area contributed by atoms with Crippen molar-refractivity contribution >= 4 is 11.9 Å². The van der Waals surface area contributed by atoms with E-state index in [1.807, 2.05) is 7.05 Å². The Hall–Kier alpha value is -2.08. The third-order valence-electron chi connectivity index (χ3n) is 6.52. The number of aliphatic imine (C=N–C) groups is 1. The molecule has 1 aliphatic heterocycles. The van der Waals surface area contributed by atoms with Gasteiger partial charge in [0, 0.05) is 58.8 Å². The molecule has 1 heterocycles. The minimum Gasteiger partial charge on any atom is -0.356 e. The SMILES string of the molecule is CN=C(NCCN1CCN(C(=O)C2CCCC2)CC1)NCC(C)c1cccc(C)c1. The lowest BCUT2D eigenvalue weighted by atomic mass is 9.99. The summed E-state index contributed by atoms with van der Waals surface area (Å²) in [6.45, 7) is 10.7. The van der Waals surface area contributed by atoms with Crippen LogP contribution in [-0.2, 0) is 4.79 Å². The quantitative estimate of drug-likeness (QED) is 0.533. The molecule has 1 saturated heterocycles. The van der Waals surface area contributed by atoms with E-state index in [0.29, 0.717) is 17.7 Å². The monoisotopic (exact) mass is 413 g/mol. The van der Waals surface area contributed by atoms with Crippen LogP contribution in [0.1, 0.15) is 49.7 Å². The van der Waals surface area contributed by atoms with Crippen molar-refractivity contribution in [1.29, 1.82) is 0 Å². The lowest BCUT2D eigenvalue weighted by Crippen LogP contribution is -2.52. The number of hydrogen-bond donors (Lipinski definition) is 2. The molecule has 1 saturated carbocycles. The first-order valence-electron chi connectivity index (χ1n) is 11.6. The maximum absolute atomic E-state index is 12.6. The molecule has 0 spiro atoms. The summed E-state index contributed by atoms with van der Waals surface area (Å²) in [6.07, 6.45) is 4.64. The minimum absolute atomic E-state index is 0.301. The summed E-state index contributed by atoms with van der Waals surface area (Å²) in [4.78, 5) is 21.5. The summed E-state index contributed by atoms with van der Waals surface area (Å²) in [6, 6.07) is 8.69. The molecule has 2 fully saturated rings. The van der Waals surface area contributed by atoms with E-state index in [4.69, 9.17) is 0 Å². The van der Waals surface area contributed by atoms with Crippen molar-refractivity contribution in [3.05, 3.63) is 35.4 Å². The van der Waals surface area contributed by atoms with Gasteiger partial charge in [0.25, 0.3) is 0 Å². The second-order valence-corrected chi connectivity index (χ2v) is 8.84. The second kappa shape index (κ2) is 11.3. The number of carbonyl (C=O) groups excluding carboxylic acids is 1. The molecular formula is C24H39N5O. The zero-order valence-corrected chi connectivity index (χ0v) is 19.0. The summed E-state index contributed by atoms with van der Waals surface area (Å²) in [7, 11) is 1.82. The van der Waals surface area contributed by atoms with Gasteiger partial charge in [0.2, 0.25) is 5.91 Å². The molecule has 2 N–H and O–H groups in total. The molecule has 166 valence electrons. The summed E-state index contributed by atoms with van der Waals surface area (Å²) < 4.78 is 0. The number of carbonyl (C=O) groups is 1. The molecule has 1 amide bonds. The standard InChI is InChI=1S/C24H39N5O/c1-19-7-6-10-22(17-19)20(2)18-27-24(25-3)26-11-12-28-13-15-29(16-14-28)23(30)21-8-4-5-9-21/h6-7,10,17,20-21H,4-5,8-9,11-16,18H2,1-3H3,(H2,25,26,27). The Kier molecular flexibility index (Phi) is 8.55. The Labute approximate surface area is 182 Å². The lowest BCUT2D eigenvalue weighted by molar-refractivity contribution is -0.137. The van der Waals surface area contributed by atoms with Crippen molar-refractivity contribution < 1.29 is 4.79 Å². The van der Waals surface area contributed by atoms with Crippen molar-refractivity contribution in [3.8, 4) is 0 Å². The van der Waals surface area contributed by atoms with E-state index < -0.39 is 0 Å². The topological polar surface area (TPSA) is 60.0 Å². The van der Waals surface area contributed by atoms with Crippen LogP contribution in [0.25, 0.3) is 0 Å². The molecule has 3 rings (SSSR count). The highest BCUT2D eigenvalue weighted by atomic mass is 16.2. The van der Waals surface area contributed by atoms with Crippen LogP contribution in [0.4, 0.5) is 0 Å². The van der Waals surface area contributed by atoms with Crippen molar-refractivity contribution in [2.45, 2.75) is 45.4 Å². The van der Waals surface area contributed by atoms with Crippen LogP contribution < -0.4 is 10.6 Å². The van der Waals surface area contributed by atoms with Gasteiger partial charge in [0.05, 0.1) is 0 Å². The molecular weight excluding hydrogens is 374 g/mol. The molecule has 0 bridgehead atoms. The maximum Gasteiger partial charge on any atom is 0.225 e. The average molecular weight is 414 g/mol. The largest absolute Gasteiger partial charge is 0.356 e. The van der Waals surface area contributed by atoms with Gasteiger partial charge >= 0.3 is 0 Å². The maximum atomic E-state index is 12.6. The van der Waals surface area contributed by atoms with Crippen LogP contribution in [0.2, 0.25) is 0 Å². The Bertz CT molecular complexity index is 705. The van der Waals surface area contributed by atoms with Gasteiger partial charge in [-0.2, -0.15) is 0 Å². The van der Waals surface area contributed by atoms with Crippen LogP contribution in [0.5, 0.6) is 0 Å². The van der Waals surface area contributed by atoms with E-state index in [-0.39, 0.29) is 0 Å². The zero-order chi connectivity index (χ0) is 21.3. The number of guanidine groups is 1.